The van der Waals surface area contributed by atoms with Crippen molar-refractivity contribution in [2.75, 3.05) is 19.6 Å². The zero-order valence-corrected chi connectivity index (χ0v) is 11.8. The average molecular weight is 273 g/mol. The molecule has 2 heterocycles. The number of likely N-dealkylation sites (tertiary alicyclic amines) is 1. The van der Waals surface area contributed by atoms with E-state index in [2.05, 4.69) is 33.9 Å². The normalized spacial score (nSPS) is 16.2. The lowest BCUT2D eigenvalue weighted by atomic mass is 10.1. The van der Waals surface area contributed by atoms with E-state index in [1.54, 1.807) is 0 Å². The zero-order chi connectivity index (χ0) is 13.2. The highest BCUT2D eigenvalue weighted by Gasteiger charge is 2.11. The topological polar surface area (TPSA) is 34.2 Å². The molecule has 4 heteroatoms. The summed E-state index contributed by atoms with van der Waals surface area (Å²) in [5.74, 6) is 0. The summed E-state index contributed by atoms with van der Waals surface area (Å²) in [6.07, 6.45) is 4.85. The molecule has 0 atom stereocenters. The molecule has 0 bridgehead atoms. The number of nitrogens with zero attached hydrogens (tertiary/aromatic N) is 2. The van der Waals surface area contributed by atoms with Gasteiger partial charge in [-0.25, -0.2) is 0 Å². The summed E-state index contributed by atoms with van der Waals surface area (Å²) >= 11 is 5.05. The Balaban J connectivity index is 1.81. The summed E-state index contributed by atoms with van der Waals surface area (Å²) < 4.78 is 2.30. The quantitative estimate of drug-likeness (QED) is 0.869. The van der Waals surface area contributed by atoms with Crippen LogP contribution in [0.1, 0.15) is 18.4 Å². The summed E-state index contributed by atoms with van der Waals surface area (Å²) in [4.78, 5) is 3.00. The number of aromatic nitrogens is 1. The first-order chi connectivity index (χ1) is 9.24. The van der Waals surface area contributed by atoms with Crippen LogP contribution in [0.15, 0.2) is 30.5 Å². The predicted molar refractivity (Wildman–Crippen MR) is 83.5 cm³/mol. The lowest BCUT2D eigenvalue weighted by molar-refractivity contribution is 0.324. The Kier molecular flexibility index (Phi) is 3.53. The number of nitrogens with two attached hydrogens (primary N) is 1. The van der Waals surface area contributed by atoms with E-state index in [0.717, 1.165) is 18.7 Å². The van der Waals surface area contributed by atoms with Crippen LogP contribution in [-0.2, 0) is 6.54 Å². The molecule has 1 aromatic heterocycles. The van der Waals surface area contributed by atoms with Crippen molar-refractivity contribution in [2.24, 2.45) is 5.73 Å². The van der Waals surface area contributed by atoms with Crippen molar-refractivity contribution in [2.45, 2.75) is 19.4 Å². The predicted octanol–water partition coefficient (Wildman–Crippen LogP) is 2.37. The van der Waals surface area contributed by atoms with Crippen LogP contribution in [0, 0.1) is 0 Å². The van der Waals surface area contributed by atoms with Crippen LogP contribution in [0.2, 0.25) is 0 Å². The van der Waals surface area contributed by atoms with E-state index in [1.807, 2.05) is 6.07 Å². The molecule has 1 fully saturated rings. The van der Waals surface area contributed by atoms with Gasteiger partial charge in [-0.15, -0.1) is 0 Å². The minimum Gasteiger partial charge on any atom is -0.389 e. The highest BCUT2D eigenvalue weighted by atomic mass is 32.1. The molecule has 3 rings (SSSR count). The Hall–Kier alpha value is -1.39. The van der Waals surface area contributed by atoms with Gasteiger partial charge in [-0.3, -0.25) is 0 Å². The Morgan fingerprint density at radius 2 is 1.95 bits per heavy atom. The van der Waals surface area contributed by atoms with Gasteiger partial charge in [-0.05, 0) is 43.5 Å². The maximum atomic E-state index is 5.71. The van der Waals surface area contributed by atoms with Crippen molar-refractivity contribution < 1.29 is 0 Å². The fraction of sp³-hybridized carbons (Fsp3) is 0.400. The molecule has 1 aromatic carbocycles. The Bertz CT molecular complexity index is 596. The van der Waals surface area contributed by atoms with Crippen LogP contribution in [0.4, 0.5) is 0 Å². The van der Waals surface area contributed by atoms with Crippen LogP contribution in [0.3, 0.4) is 0 Å². The smallest absolute Gasteiger partial charge is 0.104 e. The summed E-state index contributed by atoms with van der Waals surface area (Å²) in [6.45, 7) is 4.65. The molecule has 0 amide bonds. The minimum atomic E-state index is 0.467. The van der Waals surface area contributed by atoms with Crippen molar-refractivity contribution in [3.05, 3.63) is 36.0 Å². The first kappa shape index (κ1) is 12.6. The third-order valence-corrected chi connectivity index (χ3v) is 4.15. The van der Waals surface area contributed by atoms with Crippen molar-refractivity contribution in [1.82, 2.24) is 9.47 Å². The van der Waals surface area contributed by atoms with Crippen LogP contribution in [-0.4, -0.2) is 34.1 Å². The third-order valence-electron chi connectivity index (χ3n) is 3.91. The third kappa shape index (κ3) is 2.65. The first-order valence-electron chi connectivity index (χ1n) is 6.85. The zero-order valence-electron chi connectivity index (χ0n) is 11.0. The Morgan fingerprint density at radius 1 is 1.16 bits per heavy atom. The lowest BCUT2D eigenvalue weighted by Crippen LogP contribution is -2.23. The molecule has 100 valence electrons. The van der Waals surface area contributed by atoms with Gasteiger partial charge in [0.2, 0.25) is 0 Å². The standard InChI is InChI=1S/C15H19N3S/c16-15(19)13-4-3-12-5-8-18(14(12)11-13)10-9-17-6-1-2-7-17/h3-5,8,11H,1-2,6-7,9-10H2,(H2,16,19). The van der Waals surface area contributed by atoms with Gasteiger partial charge >= 0.3 is 0 Å². The second-order valence-electron chi connectivity index (χ2n) is 5.20. The maximum Gasteiger partial charge on any atom is 0.104 e. The van der Waals surface area contributed by atoms with E-state index in [1.165, 1.54) is 36.8 Å². The molecular weight excluding hydrogens is 254 g/mol. The molecule has 3 nitrogen and oxygen atoms in total. The van der Waals surface area contributed by atoms with Gasteiger partial charge in [0.15, 0.2) is 0 Å². The summed E-state index contributed by atoms with van der Waals surface area (Å²) in [7, 11) is 0. The van der Waals surface area contributed by atoms with E-state index in [9.17, 15) is 0 Å². The van der Waals surface area contributed by atoms with E-state index < -0.39 is 0 Å². The van der Waals surface area contributed by atoms with E-state index in [4.69, 9.17) is 18.0 Å². The Morgan fingerprint density at radius 3 is 2.68 bits per heavy atom. The van der Waals surface area contributed by atoms with E-state index in [0.29, 0.717) is 4.99 Å². The minimum absolute atomic E-state index is 0.467. The summed E-state index contributed by atoms with van der Waals surface area (Å²) in [5, 5.41) is 1.25. The van der Waals surface area contributed by atoms with E-state index in [-0.39, 0.29) is 0 Å². The monoisotopic (exact) mass is 273 g/mol. The second-order valence-corrected chi connectivity index (χ2v) is 5.64. The second kappa shape index (κ2) is 5.31. The molecule has 19 heavy (non-hydrogen) atoms. The Labute approximate surface area is 119 Å². The van der Waals surface area contributed by atoms with Crippen molar-refractivity contribution in [3.63, 3.8) is 0 Å². The van der Waals surface area contributed by atoms with Gasteiger partial charge in [0.1, 0.15) is 4.99 Å². The number of hydrogen-bond acceptors (Lipinski definition) is 2. The fourth-order valence-electron chi connectivity index (χ4n) is 2.79. The molecule has 1 aliphatic heterocycles. The molecule has 0 unspecified atom stereocenters. The molecule has 0 saturated carbocycles. The number of rotatable bonds is 4. The van der Waals surface area contributed by atoms with Gasteiger partial charge in [-0.2, -0.15) is 0 Å². The number of thiocarbonyl (C=S) groups is 1. The maximum absolute atomic E-state index is 5.71. The summed E-state index contributed by atoms with van der Waals surface area (Å²) in [6, 6.07) is 8.34. The SMILES string of the molecule is NC(=S)c1ccc2ccn(CCN3CCCC3)c2c1. The average Bonchev–Trinajstić information content (AvgIpc) is 3.05. The first-order valence-corrected chi connectivity index (χ1v) is 7.26. The molecular formula is C15H19N3S. The summed E-state index contributed by atoms with van der Waals surface area (Å²) in [5.41, 5.74) is 7.89. The molecule has 0 aliphatic carbocycles. The van der Waals surface area contributed by atoms with E-state index >= 15 is 0 Å². The lowest BCUT2D eigenvalue weighted by Gasteiger charge is -2.15. The van der Waals surface area contributed by atoms with Gasteiger partial charge < -0.3 is 15.2 Å². The molecule has 1 aliphatic rings. The number of hydrogen-bond donors (Lipinski definition) is 1. The highest BCUT2D eigenvalue weighted by molar-refractivity contribution is 7.80. The van der Waals surface area contributed by atoms with Gasteiger partial charge in [0.25, 0.3) is 0 Å². The van der Waals surface area contributed by atoms with Crippen LogP contribution in [0.25, 0.3) is 10.9 Å². The van der Waals surface area contributed by atoms with Crippen LogP contribution >= 0.6 is 12.2 Å². The molecule has 1 saturated heterocycles. The van der Waals surface area contributed by atoms with Gasteiger partial charge in [0, 0.05) is 30.4 Å². The number of fused-ring (bicyclic) bond motifs is 1. The van der Waals surface area contributed by atoms with Crippen molar-refractivity contribution in [1.29, 1.82) is 0 Å². The van der Waals surface area contributed by atoms with Gasteiger partial charge in [0.05, 0.1) is 0 Å². The fourth-order valence-corrected chi connectivity index (χ4v) is 2.91. The van der Waals surface area contributed by atoms with Crippen molar-refractivity contribution >= 4 is 28.1 Å². The van der Waals surface area contributed by atoms with Crippen LogP contribution in [0.5, 0.6) is 0 Å². The number of benzene rings is 1. The molecule has 0 spiro atoms. The molecule has 2 aromatic rings. The molecule has 2 N–H and O–H groups in total. The molecule has 0 radical (unpaired) electrons. The largest absolute Gasteiger partial charge is 0.389 e. The van der Waals surface area contributed by atoms with Gasteiger partial charge in [-0.1, -0.05) is 24.4 Å². The van der Waals surface area contributed by atoms with Crippen LogP contribution < -0.4 is 5.73 Å². The van der Waals surface area contributed by atoms with Crippen molar-refractivity contribution in [3.8, 4) is 0 Å². The highest BCUT2D eigenvalue weighted by Crippen LogP contribution is 2.18.